The van der Waals surface area contributed by atoms with Crippen molar-refractivity contribution in [2.24, 2.45) is 0 Å². The van der Waals surface area contributed by atoms with E-state index in [0.29, 0.717) is 21.3 Å². The van der Waals surface area contributed by atoms with Gasteiger partial charge in [-0.25, -0.2) is 4.39 Å². The van der Waals surface area contributed by atoms with E-state index in [-0.39, 0.29) is 5.82 Å². The fraction of sp³-hybridized carbons (Fsp3) is 0. The summed E-state index contributed by atoms with van der Waals surface area (Å²) in [6.07, 6.45) is 0. The van der Waals surface area contributed by atoms with Gasteiger partial charge in [0, 0.05) is 11.3 Å². The number of nitrogens with two attached hydrogens (primary N) is 1. The Morgan fingerprint density at radius 3 is 2.38 bits per heavy atom. The van der Waals surface area contributed by atoms with Crippen molar-refractivity contribution >= 4 is 28.9 Å². The standard InChI is InChI=1S/C12H8Cl2FN/c13-10-3-1-7(5-11(10)14)9-6-8(15)2-4-12(9)16/h1-6H,16H2. The van der Waals surface area contributed by atoms with Crippen molar-refractivity contribution in [1.29, 1.82) is 0 Å². The lowest BCUT2D eigenvalue weighted by molar-refractivity contribution is 0.628. The van der Waals surface area contributed by atoms with Crippen LogP contribution in [0.4, 0.5) is 10.1 Å². The van der Waals surface area contributed by atoms with Crippen molar-refractivity contribution in [2.45, 2.75) is 0 Å². The van der Waals surface area contributed by atoms with E-state index >= 15 is 0 Å². The van der Waals surface area contributed by atoms with Crippen molar-refractivity contribution in [3.63, 3.8) is 0 Å². The van der Waals surface area contributed by atoms with Crippen LogP contribution >= 0.6 is 23.2 Å². The van der Waals surface area contributed by atoms with E-state index in [2.05, 4.69) is 0 Å². The number of anilines is 1. The highest BCUT2D eigenvalue weighted by molar-refractivity contribution is 6.42. The molecule has 0 amide bonds. The first-order valence-corrected chi connectivity index (χ1v) is 5.34. The SMILES string of the molecule is Nc1ccc(F)cc1-c1ccc(Cl)c(Cl)c1. The number of halogens is 3. The zero-order valence-corrected chi connectivity index (χ0v) is 9.69. The molecule has 2 N–H and O–H groups in total. The Morgan fingerprint density at radius 1 is 0.938 bits per heavy atom. The molecular formula is C12H8Cl2FN. The van der Waals surface area contributed by atoms with Crippen LogP contribution in [-0.4, -0.2) is 0 Å². The summed E-state index contributed by atoms with van der Waals surface area (Å²) in [6.45, 7) is 0. The lowest BCUT2D eigenvalue weighted by atomic mass is 10.0. The van der Waals surface area contributed by atoms with Gasteiger partial charge in [0.1, 0.15) is 5.82 Å². The molecule has 0 saturated heterocycles. The van der Waals surface area contributed by atoms with Gasteiger partial charge in [0.15, 0.2) is 0 Å². The quantitative estimate of drug-likeness (QED) is 0.752. The largest absolute Gasteiger partial charge is 0.398 e. The number of nitrogen functional groups attached to an aromatic ring is 1. The van der Waals surface area contributed by atoms with Crippen LogP contribution in [0, 0.1) is 5.82 Å². The van der Waals surface area contributed by atoms with Crippen molar-refractivity contribution in [3.05, 3.63) is 52.3 Å². The fourth-order valence-corrected chi connectivity index (χ4v) is 1.74. The molecule has 2 rings (SSSR count). The van der Waals surface area contributed by atoms with Crippen molar-refractivity contribution < 1.29 is 4.39 Å². The first-order chi connectivity index (χ1) is 7.58. The van der Waals surface area contributed by atoms with E-state index in [1.54, 1.807) is 18.2 Å². The molecule has 0 aliphatic carbocycles. The Morgan fingerprint density at radius 2 is 1.69 bits per heavy atom. The molecule has 0 radical (unpaired) electrons. The minimum Gasteiger partial charge on any atom is -0.398 e. The van der Waals surface area contributed by atoms with Gasteiger partial charge in [-0.15, -0.1) is 0 Å². The van der Waals surface area contributed by atoms with E-state index in [4.69, 9.17) is 28.9 Å². The molecule has 0 aromatic heterocycles. The minimum atomic E-state index is -0.338. The highest BCUT2D eigenvalue weighted by Crippen LogP contribution is 2.31. The Bertz CT molecular complexity index is 541. The molecule has 0 aliphatic rings. The molecule has 1 nitrogen and oxygen atoms in total. The van der Waals surface area contributed by atoms with Crippen LogP contribution in [0.2, 0.25) is 10.0 Å². The number of rotatable bonds is 1. The first-order valence-electron chi connectivity index (χ1n) is 4.58. The summed E-state index contributed by atoms with van der Waals surface area (Å²) in [5.74, 6) is -0.338. The molecule has 0 saturated carbocycles. The van der Waals surface area contributed by atoms with Crippen LogP contribution in [0.15, 0.2) is 36.4 Å². The highest BCUT2D eigenvalue weighted by Gasteiger charge is 2.06. The average Bonchev–Trinajstić information content (AvgIpc) is 2.26. The zero-order chi connectivity index (χ0) is 11.7. The lowest BCUT2D eigenvalue weighted by Crippen LogP contribution is -1.91. The molecule has 0 heterocycles. The van der Waals surface area contributed by atoms with Crippen LogP contribution in [-0.2, 0) is 0 Å². The maximum atomic E-state index is 13.1. The van der Waals surface area contributed by atoms with Crippen LogP contribution < -0.4 is 5.73 Å². The predicted molar refractivity (Wildman–Crippen MR) is 66.3 cm³/mol. The fourth-order valence-electron chi connectivity index (χ4n) is 1.44. The Labute approximate surface area is 103 Å². The second-order valence-electron chi connectivity index (χ2n) is 3.36. The van der Waals surface area contributed by atoms with E-state index in [0.717, 1.165) is 5.56 Å². The van der Waals surface area contributed by atoms with Crippen LogP contribution in [0.5, 0.6) is 0 Å². The lowest BCUT2D eigenvalue weighted by Gasteiger charge is -2.07. The maximum Gasteiger partial charge on any atom is 0.123 e. The molecule has 0 aliphatic heterocycles. The summed E-state index contributed by atoms with van der Waals surface area (Å²) in [7, 11) is 0. The van der Waals surface area contributed by atoms with Crippen molar-refractivity contribution in [1.82, 2.24) is 0 Å². The van der Waals surface area contributed by atoms with E-state index in [1.165, 1.54) is 18.2 Å². The van der Waals surface area contributed by atoms with Gasteiger partial charge >= 0.3 is 0 Å². The summed E-state index contributed by atoms with van der Waals surface area (Å²) in [4.78, 5) is 0. The molecule has 0 spiro atoms. The summed E-state index contributed by atoms with van der Waals surface area (Å²) < 4.78 is 13.1. The molecule has 2 aromatic rings. The van der Waals surface area contributed by atoms with E-state index < -0.39 is 0 Å². The summed E-state index contributed by atoms with van der Waals surface area (Å²) in [5.41, 5.74) is 7.62. The van der Waals surface area contributed by atoms with Crippen molar-refractivity contribution in [2.75, 3.05) is 5.73 Å². The average molecular weight is 256 g/mol. The predicted octanol–water partition coefficient (Wildman–Crippen LogP) is 4.38. The van der Waals surface area contributed by atoms with Gasteiger partial charge in [0.25, 0.3) is 0 Å². The molecule has 2 aromatic carbocycles. The zero-order valence-electron chi connectivity index (χ0n) is 8.18. The number of benzene rings is 2. The molecule has 0 unspecified atom stereocenters. The summed E-state index contributed by atoms with van der Waals surface area (Å²) >= 11 is 11.7. The molecule has 82 valence electrons. The van der Waals surface area contributed by atoms with Gasteiger partial charge in [0.2, 0.25) is 0 Å². The highest BCUT2D eigenvalue weighted by atomic mass is 35.5. The van der Waals surface area contributed by atoms with Gasteiger partial charge in [-0.1, -0.05) is 29.3 Å². The topological polar surface area (TPSA) is 26.0 Å². The third-order valence-corrected chi connectivity index (χ3v) is 2.98. The Hall–Kier alpha value is -1.25. The van der Waals surface area contributed by atoms with Crippen LogP contribution in [0.1, 0.15) is 0 Å². The van der Waals surface area contributed by atoms with Gasteiger partial charge in [-0.05, 0) is 35.9 Å². The monoisotopic (exact) mass is 255 g/mol. The van der Waals surface area contributed by atoms with E-state index in [1.807, 2.05) is 0 Å². The van der Waals surface area contributed by atoms with Crippen molar-refractivity contribution in [3.8, 4) is 11.1 Å². The van der Waals surface area contributed by atoms with Crippen LogP contribution in [0.3, 0.4) is 0 Å². The van der Waals surface area contributed by atoms with Gasteiger partial charge in [-0.3, -0.25) is 0 Å². The summed E-state index contributed by atoms with van der Waals surface area (Å²) in [6, 6.07) is 9.27. The normalized spacial score (nSPS) is 10.4. The maximum absolute atomic E-state index is 13.1. The minimum absolute atomic E-state index is 0.338. The second kappa shape index (κ2) is 4.32. The van der Waals surface area contributed by atoms with Gasteiger partial charge in [-0.2, -0.15) is 0 Å². The smallest absolute Gasteiger partial charge is 0.123 e. The third-order valence-electron chi connectivity index (χ3n) is 2.25. The number of hydrogen-bond donors (Lipinski definition) is 1. The Balaban J connectivity index is 2.58. The molecule has 0 fully saturated rings. The van der Waals surface area contributed by atoms with Gasteiger partial charge < -0.3 is 5.73 Å². The summed E-state index contributed by atoms with van der Waals surface area (Å²) in [5, 5.41) is 0.878. The Kier molecular flexibility index (Phi) is 3.03. The molecule has 0 bridgehead atoms. The second-order valence-corrected chi connectivity index (χ2v) is 4.17. The molecule has 0 atom stereocenters. The first kappa shape index (κ1) is 11.2. The molecule has 4 heteroatoms. The molecular weight excluding hydrogens is 248 g/mol. The van der Waals surface area contributed by atoms with E-state index in [9.17, 15) is 4.39 Å². The number of hydrogen-bond acceptors (Lipinski definition) is 1. The van der Waals surface area contributed by atoms with Gasteiger partial charge in [0.05, 0.1) is 10.0 Å². The van der Waals surface area contributed by atoms with Crippen LogP contribution in [0.25, 0.3) is 11.1 Å². The third kappa shape index (κ3) is 2.13. The molecule has 16 heavy (non-hydrogen) atoms.